The molecule has 5 aromatic rings. The molecule has 0 saturated heterocycles. The number of nitriles is 1. The molecule has 1 aromatic heterocycles. The van der Waals surface area contributed by atoms with E-state index < -0.39 is 0 Å². The fraction of sp³-hybridized carbons (Fsp3) is 0.200. The fourth-order valence-corrected chi connectivity index (χ4v) is 7.64. The van der Waals surface area contributed by atoms with Crippen molar-refractivity contribution in [3.8, 4) is 51.1 Å². The Morgan fingerprint density at radius 1 is 0.659 bits per heavy atom. The molecule has 0 aliphatic heterocycles. The Bertz CT molecular complexity index is 2010. The molecule has 0 N–H and O–H groups in total. The number of hydrogen-bond acceptors (Lipinski definition) is 4. The predicted octanol–water partition coefficient (Wildman–Crippen LogP) is 9.71. The summed E-state index contributed by atoms with van der Waals surface area (Å²) in [6, 6.07) is 34.3. The molecule has 4 heteroatoms. The van der Waals surface area contributed by atoms with Crippen molar-refractivity contribution in [1.29, 1.82) is 5.26 Å². The number of rotatable bonds is 4. The monoisotopic (exact) mass is 568 g/mol. The fourth-order valence-electron chi connectivity index (χ4n) is 7.64. The summed E-state index contributed by atoms with van der Waals surface area (Å²) < 4.78 is 0. The van der Waals surface area contributed by atoms with Crippen LogP contribution >= 0.6 is 0 Å². The largest absolute Gasteiger partial charge is 0.209 e. The maximum atomic E-state index is 10.2. The summed E-state index contributed by atoms with van der Waals surface area (Å²) in [5.41, 5.74) is 11.2. The number of hydrogen-bond donors (Lipinski definition) is 0. The van der Waals surface area contributed by atoms with Crippen molar-refractivity contribution in [1.82, 2.24) is 15.0 Å². The molecule has 3 aliphatic rings. The van der Waals surface area contributed by atoms with E-state index in [1.807, 2.05) is 30.3 Å². The van der Waals surface area contributed by atoms with Crippen molar-refractivity contribution >= 4 is 5.57 Å². The number of fused-ring (bicyclic) bond motifs is 5. The third-order valence-corrected chi connectivity index (χ3v) is 9.62. The molecular weight excluding hydrogens is 536 g/mol. The molecule has 3 aliphatic carbocycles. The van der Waals surface area contributed by atoms with Gasteiger partial charge in [-0.3, -0.25) is 0 Å². The van der Waals surface area contributed by atoms with Crippen molar-refractivity contribution in [2.45, 2.75) is 50.4 Å². The molecule has 1 fully saturated rings. The molecule has 1 saturated carbocycles. The van der Waals surface area contributed by atoms with Crippen LogP contribution in [0.15, 0.2) is 109 Å². The van der Waals surface area contributed by atoms with Crippen molar-refractivity contribution in [2.24, 2.45) is 0 Å². The van der Waals surface area contributed by atoms with Crippen LogP contribution in [0, 0.1) is 11.3 Å². The molecular formula is C40H32N4. The highest BCUT2D eigenvalue weighted by Crippen LogP contribution is 2.58. The second kappa shape index (κ2) is 10.8. The number of allylic oxidation sites excluding steroid dienone is 4. The summed E-state index contributed by atoms with van der Waals surface area (Å²) in [4.78, 5) is 14.9. The zero-order chi connectivity index (χ0) is 29.5. The second-order valence-electron chi connectivity index (χ2n) is 12.1. The summed E-state index contributed by atoms with van der Waals surface area (Å²) in [6.07, 6.45) is 14.1. The van der Waals surface area contributed by atoms with E-state index in [4.69, 9.17) is 15.0 Å². The maximum Gasteiger partial charge on any atom is 0.164 e. The smallest absolute Gasteiger partial charge is 0.164 e. The van der Waals surface area contributed by atoms with Gasteiger partial charge < -0.3 is 0 Å². The predicted molar refractivity (Wildman–Crippen MR) is 177 cm³/mol. The molecule has 1 spiro atoms. The molecule has 0 radical (unpaired) electrons. The van der Waals surface area contributed by atoms with Gasteiger partial charge in [0.1, 0.15) is 0 Å². The third kappa shape index (κ3) is 4.31. The van der Waals surface area contributed by atoms with Crippen LogP contribution in [0.25, 0.3) is 50.6 Å². The van der Waals surface area contributed by atoms with Gasteiger partial charge in [0.05, 0.1) is 11.6 Å². The highest BCUT2D eigenvalue weighted by molar-refractivity contribution is 5.94. The highest BCUT2D eigenvalue weighted by atomic mass is 15.0. The van der Waals surface area contributed by atoms with E-state index >= 15 is 0 Å². The second-order valence-corrected chi connectivity index (χ2v) is 12.1. The first kappa shape index (κ1) is 26.5. The van der Waals surface area contributed by atoms with Crippen molar-refractivity contribution < 1.29 is 0 Å². The van der Waals surface area contributed by atoms with Crippen LogP contribution in [0.3, 0.4) is 0 Å². The minimum absolute atomic E-state index is 0.0846. The van der Waals surface area contributed by atoms with Gasteiger partial charge in [0, 0.05) is 16.5 Å². The molecule has 0 unspecified atom stereocenters. The van der Waals surface area contributed by atoms with Crippen LogP contribution < -0.4 is 0 Å². The Hall–Kier alpha value is -5.14. The van der Waals surface area contributed by atoms with E-state index in [1.165, 1.54) is 47.1 Å². The van der Waals surface area contributed by atoms with E-state index in [1.54, 1.807) is 0 Å². The molecule has 0 bridgehead atoms. The zero-order valence-corrected chi connectivity index (χ0v) is 24.6. The Labute approximate surface area is 258 Å². The van der Waals surface area contributed by atoms with Gasteiger partial charge in [0.2, 0.25) is 0 Å². The van der Waals surface area contributed by atoms with Crippen LogP contribution in [-0.2, 0) is 5.41 Å². The average Bonchev–Trinajstić information content (AvgIpc) is 3.38. The number of benzene rings is 4. The van der Waals surface area contributed by atoms with E-state index in [-0.39, 0.29) is 5.41 Å². The molecule has 8 rings (SSSR count). The Kier molecular flexibility index (Phi) is 6.53. The normalized spacial score (nSPS) is 16.2. The van der Waals surface area contributed by atoms with Crippen LogP contribution in [0.5, 0.6) is 0 Å². The lowest BCUT2D eigenvalue weighted by atomic mass is 9.66. The van der Waals surface area contributed by atoms with Crippen molar-refractivity contribution in [2.75, 3.05) is 0 Å². The number of nitrogens with zero attached hydrogens (tertiary/aromatic N) is 4. The molecule has 4 nitrogen and oxygen atoms in total. The van der Waals surface area contributed by atoms with Crippen LogP contribution in [0.4, 0.5) is 0 Å². The summed E-state index contributed by atoms with van der Waals surface area (Å²) in [5, 5.41) is 10.2. The van der Waals surface area contributed by atoms with Gasteiger partial charge >= 0.3 is 0 Å². The minimum atomic E-state index is -0.0846. The average molecular weight is 569 g/mol. The molecule has 0 atom stereocenters. The lowest BCUT2D eigenvalue weighted by molar-refractivity contribution is 0.352. The van der Waals surface area contributed by atoms with Gasteiger partial charge in [-0.2, -0.15) is 5.26 Å². The van der Waals surface area contributed by atoms with Gasteiger partial charge in [-0.15, -0.1) is 0 Å². The van der Waals surface area contributed by atoms with Gasteiger partial charge in [0.15, 0.2) is 17.5 Å². The topological polar surface area (TPSA) is 62.5 Å². The molecule has 4 aromatic carbocycles. The minimum Gasteiger partial charge on any atom is -0.209 e. The third-order valence-electron chi connectivity index (χ3n) is 9.62. The van der Waals surface area contributed by atoms with Crippen LogP contribution in [-0.4, -0.2) is 15.0 Å². The highest BCUT2D eigenvalue weighted by Gasteiger charge is 2.46. The zero-order valence-electron chi connectivity index (χ0n) is 24.6. The summed E-state index contributed by atoms with van der Waals surface area (Å²) in [6.45, 7) is 0. The first-order chi connectivity index (χ1) is 21.7. The van der Waals surface area contributed by atoms with Crippen LogP contribution in [0.2, 0.25) is 0 Å². The summed E-state index contributed by atoms with van der Waals surface area (Å²) in [5.74, 6) is 2.10. The summed E-state index contributed by atoms with van der Waals surface area (Å²) >= 11 is 0. The van der Waals surface area contributed by atoms with Crippen molar-refractivity contribution in [3.63, 3.8) is 0 Å². The van der Waals surface area contributed by atoms with Gasteiger partial charge in [-0.1, -0.05) is 116 Å². The van der Waals surface area contributed by atoms with Crippen molar-refractivity contribution in [3.05, 3.63) is 132 Å². The quantitative estimate of drug-likeness (QED) is 0.216. The van der Waals surface area contributed by atoms with E-state index in [0.29, 0.717) is 11.6 Å². The lowest BCUT2D eigenvalue weighted by Gasteiger charge is -2.36. The SMILES string of the molecule is N#Cc1cccc2c1C1(CCCCC1)c1cccc(-c3cccc(-c4nc(C5=CC=CCC5)nc(-c5ccccc5)n4)c3)c1-2. The van der Waals surface area contributed by atoms with Gasteiger partial charge in [0.25, 0.3) is 0 Å². The summed E-state index contributed by atoms with van der Waals surface area (Å²) in [7, 11) is 0. The first-order valence-corrected chi connectivity index (χ1v) is 15.7. The number of aromatic nitrogens is 3. The molecule has 0 amide bonds. The molecule has 1 heterocycles. The van der Waals surface area contributed by atoms with Gasteiger partial charge in [-0.25, -0.2) is 15.0 Å². The van der Waals surface area contributed by atoms with E-state index in [0.717, 1.165) is 59.3 Å². The molecule has 44 heavy (non-hydrogen) atoms. The Balaban J connectivity index is 1.30. The standard InChI is InChI=1S/C40H32N4/c41-26-31-19-11-21-33-35-32(20-12-22-34(35)40(36(31)33)23-8-3-9-24-40)29-17-10-18-30(25-29)39-43-37(27-13-4-1-5-14-27)42-38(44-39)28-15-6-2-7-16-28/h1-2,4-6,10-15,17-22,25H,3,7-9,16,23-24H2. The maximum absolute atomic E-state index is 10.2. The first-order valence-electron chi connectivity index (χ1n) is 15.7. The molecule has 212 valence electrons. The lowest BCUT2D eigenvalue weighted by Crippen LogP contribution is -2.29. The Morgan fingerprint density at radius 2 is 1.36 bits per heavy atom. The van der Waals surface area contributed by atoms with Gasteiger partial charge in [-0.05, 0) is 76.8 Å². The van der Waals surface area contributed by atoms with E-state index in [9.17, 15) is 5.26 Å². The van der Waals surface area contributed by atoms with Crippen LogP contribution in [0.1, 0.15) is 67.5 Å². The van der Waals surface area contributed by atoms with E-state index in [2.05, 4.69) is 85.0 Å². The Morgan fingerprint density at radius 3 is 2.16 bits per heavy atom.